The van der Waals surface area contributed by atoms with Crippen molar-refractivity contribution < 1.29 is 0 Å². The second-order valence-corrected chi connectivity index (χ2v) is 6.29. The molecule has 4 nitrogen and oxygen atoms in total. The summed E-state index contributed by atoms with van der Waals surface area (Å²) in [5.41, 5.74) is 3.30. The van der Waals surface area contributed by atoms with Crippen LogP contribution in [0.15, 0.2) is 66.7 Å². The van der Waals surface area contributed by atoms with Gasteiger partial charge in [0.05, 0.1) is 5.69 Å². The number of nitrogens with zero attached hydrogens (tertiary/aromatic N) is 2. The van der Waals surface area contributed by atoms with Gasteiger partial charge in [0.2, 0.25) is 5.95 Å². The first kappa shape index (κ1) is 17.0. The summed E-state index contributed by atoms with van der Waals surface area (Å²) in [6, 6.07) is 22.9. The van der Waals surface area contributed by atoms with Crippen molar-refractivity contribution in [2.75, 3.05) is 17.2 Å². The average molecular weight is 332 g/mol. The minimum Gasteiger partial charge on any atom is -0.368 e. The molecule has 25 heavy (non-hydrogen) atoms. The van der Waals surface area contributed by atoms with Gasteiger partial charge in [0, 0.05) is 24.2 Å². The minimum atomic E-state index is 0.315. The molecule has 2 aromatic carbocycles. The third-order valence-corrected chi connectivity index (χ3v) is 3.77. The molecular formula is C21H24N4. The molecule has 0 radical (unpaired) electrons. The predicted molar refractivity (Wildman–Crippen MR) is 105 cm³/mol. The Balaban J connectivity index is 1.77. The van der Waals surface area contributed by atoms with Crippen LogP contribution >= 0.6 is 0 Å². The van der Waals surface area contributed by atoms with Crippen molar-refractivity contribution in [3.05, 3.63) is 72.3 Å². The summed E-state index contributed by atoms with van der Waals surface area (Å²) in [6.45, 7) is 5.00. The van der Waals surface area contributed by atoms with E-state index in [-0.39, 0.29) is 0 Å². The molecule has 0 unspecified atom stereocenters. The largest absolute Gasteiger partial charge is 0.368 e. The number of hydrogen-bond acceptors (Lipinski definition) is 4. The lowest BCUT2D eigenvalue weighted by atomic mass is 10.1. The Hall–Kier alpha value is -2.88. The molecule has 0 bridgehead atoms. The van der Waals surface area contributed by atoms with E-state index in [1.807, 2.05) is 30.3 Å². The van der Waals surface area contributed by atoms with E-state index in [1.165, 1.54) is 5.56 Å². The molecule has 0 atom stereocenters. The normalized spacial score (nSPS) is 10.7. The van der Waals surface area contributed by atoms with Crippen molar-refractivity contribution in [3.8, 4) is 11.3 Å². The predicted octanol–water partition coefficient (Wildman–Crippen LogP) is 4.62. The Labute approximate surface area is 149 Å². The van der Waals surface area contributed by atoms with Gasteiger partial charge in [-0.2, -0.15) is 4.98 Å². The number of nitrogens with one attached hydrogen (secondary N) is 2. The van der Waals surface area contributed by atoms with Crippen molar-refractivity contribution in [3.63, 3.8) is 0 Å². The second kappa shape index (κ2) is 8.29. The fourth-order valence-electron chi connectivity index (χ4n) is 2.62. The highest BCUT2D eigenvalue weighted by atomic mass is 15.1. The number of aromatic nitrogens is 2. The third-order valence-electron chi connectivity index (χ3n) is 3.77. The summed E-state index contributed by atoms with van der Waals surface area (Å²) >= 11 is 0. The van der Waals surface area contributed by atoms with Gasteiger partial charge in [0.1, 0.15) is 5.82 Å². The highest BCUT2D eigenvalue weighted by molar-refractivity contribution is 5.64. The molecule has 0 amide bonds. The van der Waals surface area contributed by atoms with Crippen LogP contribution in [0.4, 0.5) is 11.8 Å². The van der Waals surface area contributed by atoms with Gasteiger partial charge in [-0.05, 0) is 25.8 Å². The molecule has 1 heterocycles. The molecule has 0 fully saturated rings. The van der Waals surface area contributed by atoms with Crippen LogP contribution < -0.4 is 10.6 Å². The molecule has 3 rings (SSSR count). The first-order valence-electron chi connectivity index (χ1n) is 8.69. The summed E-state index contributed by atoms with van der Waals surface area (Å²) < 4.78 is 0. The summed E-state index contributed by atoms with van der Waals surface area (Å²) in [5.74, 6) is 1.49. The van der Waals surface area contributed by atoms with Crippen molar-refractivity contribution in [1.29, 1.82) is 0 Å². The zero-order valence-electron chi connectivity index (χ0n) is 14.7. The van der Waals surface area contributed by atoms with Crippen LogP contribution in [-0.2, 0) is 6.42 Å². The SMILES string of the molecule is CC(C)Nc1cc(-c2ccccc2)nc(NCCc2ccccc2)n1. The molecule has 2 N–H and O–H groups in total. The first-order valence-corrected chi connectivity index (χ1v) is 8.69. The van der Waals surface area contributed by atoms with Crippen LogP contribution in [0, 0.1) is 0 Å². The lowest BCUT2D eigenvalue weighted by Gasteiger charge is -2.13. The Morgan fingerprint density at radius 1 is 0.880 bits per heavy atom. The molecule has 1 aromatic heterocycles. The van der Waals surface area contributed by atoms with Crippen LogP contribution in [0.25, 0.3) is 11.3 Å². The zero-order chi connectivity index (χ0) is 17.5. The van der Waals surface area contributed by atoms with E-state index < -0.39 is 0 Å². The first-order chi connectivity index (χ1) is 12.2. The molecule has 4 heteroatoms. The summed E-state index contributed by atoms with van der Waals surface area (Å²) in [7, 11) is 0. The van der Waals surface area contributed by atoms with Crippen molar-refractivity contribution in [1.82, 2.24) is 9.97 Å². The number of benzene rings is 2. The van der Waals surface area contributed by atoms with Crippen LogP contribution in [0.3, 0.4) is 0 Å². The maximum absolute atomic E-state index is 4.68. The maximum atomic E-state index is 4.68. The highest BCUT2D eigenvalue weighted by Crippen LogP contribution is 2.21. The van der Waals surface area contributed by atoms with Crippen LogP contribution in [0.1, 0.15) is 19.4 Å². The van der Waals surface area contributed by atoms with Crippen molar-refractivity contribution >= 4 is 11.8 Å². The van der Waals surface area contributed by atoms with E-state index >= 15 is 0 Å². The van der Waals surface area contributed by atoms with Crippen molar-refractivity contribution in [2.45, 2.75) is 26.3 Å². The molecule has 0 saturated carbocycles. The second-order valence-electron chi connectivity index (χ2n) is 6.29. The van der Waals surface area contributed by atoms with Crippen LogP contribution in [-0.4, -0.2) is 22.6 Å². The monoisotopic (exact) mass is 332 g/mol. The molecule has 0 aliphatic heterocycles. The molecule has 128 valence electrons. The van der Waals surface area contributed by atoms with Gasteiger partial charge in [-0.25, -0.2) is 4.98 Å². The number of anilines is 2. The molecular weight excluding hydrogens is 308 g/mol. The average Bonchev–Trinajstić information content (AvgIpc) is 2.63. The minimum absolute atomic E-state index is 0.315. The fourth-order valence-corrected chi connectivity index (χ4v) is 2.62. The smallest absolute Gasteiger partial charge is 0.225 e. The number of hydrogen-bond donors (Lipinski definition) is 2. The van der Waals surface area contributed by atoms with Crippen LogP contribution in [0.5, 0.6) is 0 Å². The Bertz CT molecular complexity index is 786. The Morgan fingerprint density at radius 3 is 2.24 bits per heavy atom. The van der Waals surface area contributed by atoms with Gasteiger partial charge in [0.15, 0.2) is 0 Å². The standard InChI is InChI=1S/C21H24N4/c1-16(2)23-20-15-19(18-11-7-4-8-12-18)24-21(25-20)22-14-13-17-9-5-3-6-10-17/h3-12,15-16H,13-14H2,1-2H3,(H2,22,23,24,25). The van der Waals surface area contributed by atoms with Gasteiger partial charge in [-0.1, -0.05) is 60.7 Å². The lowest BCUT2D eigenvalue weighted by molar-refractivity contribution is 0.885. The van der Waals surface area contributed by atoms with Gasteiger partial charge < -0.3 is 10.6 Å². The van der Waals surface area contributed by atoms with E-state index in [2.05, 4.69) is 70.8 Å². The summed E-state index contributed by atoms with van der Waals surface area (Å²) in [6.07, 6.45) is 0.937. The number of rotatable bonds is 7. The molecule has 0 saturated heterocycles. The van der Waals surface area contributed by atoms with E-state index in [0.717, 1.165) is 30.0 Å². The Kier molecular flexibility index (Phi) is 5.62. The quantitative estimate of drug-likeness (QED) is 0.663. The van der Waals surface area contributed by atoms with Gasteiger partial charge >= 0.3 is 0 Å². The summed E-state index contributed by atoms with van der Waals surface area (Å²) in [5, 5.41) is 6.73. The van der Waals surface area contributed by atoms with E-state index in [0.29, 0.717) is 12.0 Å². The van der Waals surface area contributed by atoms with Gasteiger partial charge in [-0.15, -0.1) is 0 Å². The molecule has 0 spiro atoms. The van der Waals surface area contributed by atoms with Gasteiger partial charge in [0.25, 0.3) is 0 Å². The Morgan fingerprint density at radius 2 is 1.56 bits per heavy atom. The van der Waals surface area contributed by atoms with E-state index in [9.17, 15) is 0 Å². The topological polar surface area (TPSA) is 49.8 Å². The van der Waals surface area contributed by atoms with E-state index in [1.54, 1.807) is 0 Å². The van der Waals surface area contributed by atoms with Crippen LogP contribution in [0.2, 0.25) is 0 Å². The lowest BCUT2D eigenvalue weighted by Crippen LogP contribution is -2.14. The highest BCUT2D eigenvalue weighted by Gasteiger charge is 2.07. The fraction of sp³-hybridized carbons (Fsp3) is 0.238. The van der Waals surface area contributed by atoms with Crippen molar-refractivity contribution in [2.24, 2.45) is 0 Å². The van der Waals surface area contributed by atoms with Gasteiger partial charge in [-0.3, -0.25) is 0 Å². The zero-order valence-corrected chi connectivity index (χ0v) is 14.7. The van der Waals surface area contributed by atoms with E-state index in [4.69, 9.17) is 0 Å². The third kappa shape index (κ3) is 5.05. The molecule has 0 aliphatic rings. The molecule has 3 aromatic rings. The maximum Gasteiger partial charge on any atom is 0.225 e. The summed E-state index contributed by atoms with van der Waals surface area (Å²) in [4.78, 5) is 9.28. The molecule has 0 aliphatic carbocycles.